The van der Waals surface area contributed by atoms with Gasteiger partial charge in [0.25, 0.3) is 0 Å². The lowest BCUT2D eigenvalue weighted by molar-refractivity contribution is -0.0328. The second-order valence-electron chi connectivity index (χ2n) is 10.6. The SMILES string of the molecule is COc1cccc(ON2CCOc3ccc(COC4CNCC(O)C4c4ccc(Oc5cccc(C)c5)cc4)cc32)c1. The number of hydroxylamine groups is 1. The summed E-state index contributed by atoms with van der Waals surface area (Å²) in [7, 11) is 1.64. The molecule has 1 fully saturated rings. The van der Waals surface area contributed by atoms with Crippen LogP contribution >= 0.6 is 0 Å². The molecule has 2 N–H and O–H groups in total. The minimum absolute atomic E-state index is 0.173. The van der Waals surface area contributed by atoms with E-state index >= 15 is 0 Å². The van der Waals surface area contributed by atoms with Crippen LogP contribution in [-0.4, -0.2) is 50.7 Å². The monoisotopic (exact) mass is 568 g/mol. The summed E-state index contributed by atoms with van der Waals surface area (Å²) in [6.07, 6.45) is -0.787. The molecule has 0 aliphatic carbocycles. The third kappa shape index (κ3) is 6.46. The van der Waals surface area contributed by atoms with Gasteiger partial charge >= 0.3 is 0 Å². The van der Waals surface area contributed by atoms with Crippen molar-refractivity contribution in [2.75, 3.05) is 38.4 Å². The number of aryl methyl sites for hydroxylation is 1. The van der Waals surface area contributed by atoms with Gasteiger partial charge in [0.1, 0.15) is 35.3 Å². The third-order valence-electron chi connectivity index (χ3n) is 7.57. The highest BCUT2D eigenvalue weighted by atomic mass is 16.7. The van der Waals surface area contributed by atoms with Crippen molar-refractivity contribution >= 4 is 5.69 Å². The Labute approximate surface area is 246 Å². The number of fused-ring (bicyclic) bond motifs is 1. The van der Waals surface area contributed by atoms with E-state index in [-0.39, 0.29) is 12.0 Å². The number of hydrogen-bond acceptors (Lipinski definition) is 8. The molecule has 4 aromatic carbocycles. The van der Waals surface area contributed by atoms with Crippen molar-refractivity contribution in [1.29, 1.82) is 0 Å². The molecule has 2 aliphatic heterocycles. The molecule has 0 saturated carbocycles. The van der Waals surface area contributed by atoms with Gasteiger partial charge in [-0.2, -0.15) is 0 Å². The highest BCUT2D eigenvalue weighted by Crippen LogP contribution is 2.35. The van der Waals surface area contributed by atoms with Gasteiger partial charge in [-0.15, -0.1) is 0 Å². The Hall–Kier alpha value is -4.24. The predicted molar refractivity (Wildman–Crippen MR) is 161 cm³/mol. The van der Waals surface area contributed by atoms with Crippen LogP contribution in [0.3, 0.4) is 0 Å². The van der Waals surface area contributed by atoms with Gasteiger partial charge < -0.3 is 34.2 Å². The van der Waals surface area contributed by atoms with Crippen LogP contribution in [0.2, 0.25) is 0 Å². The van der Waals surface area contributed by atoms with Crippen LogP contribution in [-0.2, 0) is 11.3 Å². The summed E-state index contributed by atoms with van der Waals surface area (Å²) >= 11 is 0. The van der Waals surface area contributed by atoms with Crippen molar-refractivity contribution in [3.05, 3.63) is 108 Å². The summed E-state index contributed by atoms with van der Waals surface area (Å²) in [6.45, 7) is 4.68. The third-order valence-corrected chi connectivity index (χ3v) is 7.57. The topological polar surface area (TPSA) is 81.7 Å². The van der Waals surface area contributed by atoms with E-state index in [0.717, 1.165) is 45.4 Å². The Morgan fingerprint density at radius 2 is 1.69 bits per heavy atom. The summed E-state index contributed by atoms with van der Waals surface area (Å²) in [6, 6.07) is 29.4. The van der Waals surface area contributed by atoms with Gasteiger partial charge in [0.2, 0.25) is 0 Å². The lowest BCUT2D eigenvalue weighted by Crippen LogP contribution is -2.49. The van der Waals surface area contributed by atoms with E-state index in [2.05, 4.69) is 5.32 Å². The quantitative estimate of drug-likeness (QED) is 0.269. The highest BCUT2D eigenvalue weighted by molar-refractivity contribution is 5.60. The Balaban J connectivity index is 1.14. The van der Waals surface area contributed by atoms with Crippen LogP contribution < -0.4 is 29.4 Å². The van der Waals surface area contributed by atoms with E-state index in [0.29, 0.717) is 38.6 Å². The Morgan fingerprint density at radius 3 is 2.52 bits per heavy atom. The average Bonchev–Trinajstić information content (AvgIpc) is 3.01. The van der Waals surface area contributed by atoms with Crippen LogP contribution in [0.4, 0.5) is 5.69 Å². The van der Waals surface area contributed by atoms with Crippen molar-refractivity contribution in [3.8, 4) is 28.7 Å². The molecule has 3 unspecified atom stereocenters. The van der Waals surface area contributed by atoms with Crippen LogP contribution in [0.25, 0.3) is 0 Å². The maximum Gasteiger partial charge on any atom is 0.159 e. The molecule has 218 valence electrons. The van der Waals surface area contributed by atoms with Gasteiger partial charge in [0, 0.05) is 25.1 Å². The number of anilines is 1. The van der Waals surface area contributed by atoms with E-state index in [1.165, 1.54) is 0 Å². The smallest absolute Gasteiger partial charge is 0.159 e. The fourth-order valence-electron chi connectivity index (χ4n) is 5.46. The summed E-state index contributed by atoms with van der Waals surface area (Å²) in [4.78, 5) is 6.19. The molecule has 0 amide bonds. The first kappa shape index (κ1) is 27.9. The summed E-state index contributed by atoms with van der Waals surface area (Å²) < 4.78 is 23.7. The molecule has 6 rings (SSSR count). The van der Waals surface area contributed by atoms with Crippen LogP contribution in [0.15, 0.2) is 91.0 Å². The van der Waals surface area contributed by atoms with E-state index in [9.17, 15) is 5.11 Å². The molecule has 42 heavy (non-hydrogen) atoms. The predicted octanol–water partition coefficient (Wildman–Crippen LogP) is 5.62. The maximum absolute atomic E-state index is 11.0. The van der Waals surface area contributed by atoms with Crippen molar-refractivity contribution in [2.24, 2.45) is 0 Å². The first-order valence-electron chi connectivity index (χ1n) is 14.3. The number of piperidine rings is 1. The van der Waals surface area contributed by atoms with Gasteiger partial charge in [0.05, 0.1) is 32.5 Å². The van der Waals surface area contributed by atoms with Crippen molar-refractivity contribution in [2.45, 2.75) is 31.7 Å². The van der Waals surface area contributed by atoms with E-state index in [1.54, 1.807) is 7.11 Å². The van der Waals surface area contributed by atoms with Gasteiger partial charge in [-0.05, 0) is 72.1 Å². The zero-order valence-electron chi connectivity index (χ0n) is 23.9. The molecule has 0 spiro atoms. The molecular weight excluding hydrogens is 532 g/mol. The van der Waals surface area contributed by atoms with E-state index in [1.807, 2.05) is 103 Å². The van der Waals surface area contributed by atoms with Crippen molar-refractivity contribution < 1.29 is 28.9 Å². The fraction of sp³-hybridized carbons (Fsp3) is 0.294. The number of aliphatic hydroxyl groups excluding tert-OH is 1. The zero-order chi connectivity index (χ0) is 28.9. The van der Waals surface area contributed by atoms with E-state index < -0.39 is 6.10 Å². The maximum atomic E-state index is 11.0. The van der Waals surface area contributed by atoms with Crippen LogP contribution in [0.1, 0.15) is 22.6 Å². The number of rotatable bonds is 9. The molecule has 2 aliphatic rings. The number of nitrogens with zero attached hydrogens (tertiary/aromatic N) is 1. The number of aliphatic hydroxyl groups is 1. The first-order valence-corrected chi connectivity index (χ1v) is 14.3. The average molecular weight is 569 g/mol. The number of β-amino-alcohol motifs (C(OH)–C–C–N with tert-alkyl or cyclic N) is 1. The molecule has 8 nitrogen and oxygen atoms in total. The molecule has 0 bridgehead atoms. The number of ether oxygens (including phenoxy) is 4. The normalized spacial score (nSPS) is 19.9. The largest absolute Gasteiger partial charge is 0.497 e. The molecule has 0 aromatic heterocycles. The number of nitrogens with one attached hydrogen (secondary N) is 1. The lowest BCUT2D eigenvalue weighted by atomic mass is 9.85. The second kappa shape index (κ2) is 12.7. The molecular formula is C34H36N2O6. The number of benzene rings is 4. The first-order chi connectivity index (χ1) is 20.6. The standard InChI is InChI=1S/C34H36N2O6/c1-23-5-3-7-28(17-23)41-26-12-10-25(11-13-26)34-31(37)20-35-21-33(34)40-22-24-9-14-32-30(18-24)36(15-16-39-32)42-29-8-4-6-27(19-29)38-2/h3-14,17-19,31,33-35,37H,15-16,20-22H2,1-2H3. The summed E-state index contributed by atoms with van der Waals surface area (Å²) in [5, 5.41) is 16.1. The second-order valence-corrected chi connectivity index (χ2v) is 10.6. The van der Waals surface area contributed by atoms with Gasteiger partial charge in [0.15, 0.2) is 5.75 Å². The molecule has 3 atom stereocenters. The Bertz CT molecular complexity index is 1490. The molecule has 2 heterocycles. The summed E-state index contributed by atoms with van der Waals surface area (Å²) in [5.41, 5.74) is 3.99. The van der Waals surface area contributed by atoms with Gasteiger partial charge in [-0.3, -0.25) is 0 Å². The highest BCUT2D eigenvalue weighted by Gasteiger charge is 2.34. The Kier molecular flexibility index (Phi) is 8.46. The van der Waals surface area contributed by atoms with Crippen molar-refractivity contribution in [1.82, 2.24) is 5.32 Å². The molecule has 8 heteroatoms. The van der Waals surface area contributed by atoms with Gasteiger partial charge in [-0.25, -0.2) is 5.06 Å². The minimum Gasteiger partial charge on any atom is -0.497 e. The number of hydrogen-bond donors (Lipinski definition) is 2. The molecule has 4 aromatic rings. The molecule has 1 saturated heterocycles. The number of methoxy groups -OCH3 is 1. The van der Waals surface area contributed by atoms with Gasteiger partial charge in [-0.1, -0.05) is 36.4 Å². The Morgan fingerprint density at radius 1 is 0.881 bits per heavy atom. The minimum atomic E-state index is -0.573. The van der Waals surface area contributed by atoms with Crippen LogP contribution in [0.5, 0.6) is 28.7 Å². The fourth-order valence-corrected chi connectivity index (χ4v) is 5.46. The zero-order valence-corrected chi connectivity index (χ0v) is 23.9. The molecule has 0 radical (unpaired) electrons. The van der Waals surface area contributed by atoms with Crippen molar-refractivity contribution in [3.63, 3.8) is 0 Å². The van der Waals surface area contributed by atoms with Crippen LogP contribution in [0, 0.1) is 6.92 Å². The van der Waals surface area contributed by atoms with E-state index in [4.69, 9.17) is 23.8 Å². The summed E-state index contributed by atoms with van der Waals surface area (Å²) in [5.74, 6) is 3.55. The lowest BCUT2D eigenvalue weighted by Gasteiger charge is -2.36.